The number of anilines is 1. The molecule has 0 spiro atoms. The number of pyridine rings is 1. The number of halogens is 1. The van der Waals surface area contributed by atoms with E-state index in [1.54, 1.807) is 13.8 Å². The highest BCUT2D eigenvalue weighted by Crippen LogP contribution is 2.42. The molecule has 0 bridgehead atoms. The number of nitrogens with one attached hydrogen (secondary N) is 1. The minimum absolute atomic E-state index is 0.0478. The van der Waals surface area contributed by atoms with E-state index in [2.05, 4.69) is 26.3 Å². The number of carbonyl (C=O) groups excluding carboxylic acids is 1. The summed E-state index contributed by atoms with van der Waals surface area (Å²) in [6.45, 7) is 3.25. The number of rotatable bonds is 4. The molecule has 0 aliphatic heterocycles. The third-order valence-corrected chi connectivity index (χ3v) is 4.61. The van der Waals surface area contributed by atoms with E-state index < -0.39 is 5.60 Å². The molecule has 1 saturated carbocycles. The molecule has 0 radical (unpaired) electrons. The molecule has 22 heavy (non-hydrogen) atoms. The first-order valence-corrected chi connectivity index (χ1v) is 8.34. The second-order valence-electron chi connectivity index (χ2n) is 6.57. The maximum atomic E-state index is 12.1. The van der Waals surface area contributed by atoms with E-state index >= 15 is 0 Å². The van der Waals surface area contributed by atoms with Gasteiger partial charge in [0.1, 0.15) is 4.60 Å². The van der Waals surface area contributed by atoms with Gasteiger partial charge in [-0.2, -0.15) is 0 Å². The summed E-state index contributed by atoms with van der Waals surface area (Å²) in [6, 6.07) is 5.93. The predicted octanol–water partition coefficient (Wildman–Crippen LogP) is 3.46. The van der Waals surface area contributed by atoms with Crippen molar-refractivity contribution < 1.29 is 9.90 Å². The van der Waals surface area contributed by atoms with Gasteiger partial charge in [0.15, 0.2) is 5.82 Å². The van der Waals surface area contributed by atoms with Crippen LogP contribution in [0.2, 0.25) is 0 Å². The van der Waals surface area contributed by atoms with E-state index in [-0.39, 0.29) is 12.3 Å². The fourth-order valence-corrected chi connectivity index (χ4v) is 3.24. The van der Waals surface area contributed by atoms with Gasteiger partial charge in [-0.15, -0.1) is 5.10 Å². The zero-order valence-corrected chi connectivity index (χ0v) is 14.4. The van der Waals surface area contributed by atoms with Gasteiger partial charge in [0.25, 0.3) is 0 Å². The zero-order chi connectivity index (χ0) is 15.9. The molecule has 0 aromatic carbocycles. The number of aromatic nitrogens is 2. The summed E-state index contributed by atoms with van der Waals surface area (Å²) in [5, 5.41) is 17.2. The number of hydrogen-bond acceptors (Lipinski definition) is 3. The molecule has 1 aliphatic rings. The van der Waals surface area contributed by atoms with Crippen LogP contribution in [0.4, 0.5) is 5.82 Å². The summed E-state index contributed by atoms with van der Waals surface area (Å²) in [7, 11) is 0. The first-order chi connectivity index (χ1) is 10.3. The Balaban J connectivity index is 1.97. The van der Waals surface area contributed by atoms with Gasteiger partial charge in [0, 0.05) is 5.56 Å². The summed E-state index contributed by atoms with van der Waals surface area (Å²) in [5.74, 6) is 0.850. The van der Waals surface area contributed by atoms with Crippen LogP contribution in [0.15, 0.2) is 22.8 Å². The van der Waals surface area contributed by atoms with Crippen LogP contribution in [0.1, 0.15) is 51.0 Å². The molecular weight excluding hydrogens is 346 g/mol. The number of carbonyl (C=O) groups is 1. The number of nitrogens with zero attached hydrogens (tertiary/aromatic N) is 2. The smallest absolute Gasteiger partial charge is 0.228 e. The molecular formula is C16H20BrN3O2. The number of fused-ring (bicyclic) bond motifs is 1. The minimum atomic E-state index is -1.03. The quantitative estimate of drug-likeness (QED) is 0.815. The Morgan fingerprint density at radius 2 is 2.23 bits per heavy atom. The van der Waals surface area contributed by atoms with Crippen LogP contribution in [0.25, 0.3) is 5.52 Å². The highest BCUT2D eigenvalue weighted by molar-refractivity contribution is 9.10. The first kappa shape index (κ1) is 15.5. The SMILES string of the molecule is CC(C)(O)CC(=O)Nc1nn2c(Br)cccc2c1C1CCC1. The van der Waals surface area contributed by atoms with Crippen LogP contribution in [-0.4, -0.2) is 26.2 Å². The van der Waals surface area contributed by atoms with Crippen molar-refractivity contribution in [2.45, 2.75) is 51.0 Å². The Bertz CT molecular complexity index is 714. The van der Waals surface area contributed by atoms with Crippen LogP contribution in [0.3, 0.4) is 0 Å². The molecule has 0 saturated heterocycles. The van der Waals surface area contributed by atoms with Gasteiger partial charge in [-0.05, 0) is 60.7 Å². The molecule has 2 heterocycles. The largest absolute Gasteiger partial charge is 0.390 e. The van der Waals surface area contributed by atoms with Crippen molar-refractivity contribution in [3.05, 3.63) is 28.4 Å². The fourth-order valence-electron chi connectivity index (χ4n) is 2.82. The standard InChI is InChI=1S/C16H20BrN3O2/c1-16(2,22)9-13(21)18-15-14(10-5-3-6-10)11-7-4-8-12(17)20(11)19-15/h4,7-8,10,22H,3,5-6,9H2,1-2H3,(H,18,19,21). The molecule has 2 N–H and O–H groups in total. The van der Waals surface area contributed by atoms with Crippen molar-refractivity contribution in [3.8, 4) is 0 Å². The molecule has 2 aromatic rings. The van der Waals surface area contributed by atoms with Crippen molar-refractivity contribution in [2.75, 3.05) is 5.32 Å². The minimum Gasteiger partial charge on any atom is -0.390 e. The second kappa shape index (κ2) is 5.66. The van der Waals surface area contributed by atoms with Gasteiger partial charge in [-0.25, -0.2) is 4.52 Å². The van der Waals surface area contributed by atoms with Gasteiger partial charge in [0.2, 0.25) is 5.91 Å². The van der Waals surface area contributed by atoms with Crippen molar-refractivity contribution >= 4 is 33.2 Å². The highest BCUT2D eigenvalue weighted by atomic mass is 79.9. The summed E-state index contributed by atoms with van der Waals surface area (Å²) in [4.78, 5) is 12.1. The highest BCUT2D eigenvalue weighted by Gasteiger charge is 2.29. The predicted molar refractivity (Wildman–Crippen MR) is 89.0 cm³/mol. The monoisotopic (exact) mass is 365 g/mol. The molecule has 1 amide bonds. The summed E-state index contributed by atoms with van der Waals surface area (Å²) in [5.41, 5.74) is 1.11. The van der Waals surface area contributed by atoms with Crippen LogP contribution in [-0.2, 0) is 4.79 Å². The van der Waals surface area contributed by atoms with Gasteiger partial charge in [-0.1, -0.05) is 12.5 Å². The molecule has 0 atom stereocenters. The van der Waals surface area contributed by atoms with Gasteiger partial charge < -0.3 is 10.4 Å². The van der Waals surface area contributed by atoms with E-state index in [1.807, 2.05) is 22.7 Å². The van der Waals surface area contributed by atoms with E-state index in [0.29, 0.717) is 11.7 Å². The fraction of sp³-hybridized carbons (Fsp3) is 0.500. The zero-order valence-electron chi connectivity index (χ0n) is 12.8. The second-order valence-corrected chi connectivity index (χ2v) is 7.39. The van der Waals surface area contributed by atoms with Crippen LogP contribution in [0.5, 0.6) is 0 Å². The summed E-state index contributed by atoms with van der Waals surface area (Å²) < 4.78 is 2.67. The molecule has 1 fully saturated rings. The summed E-state index contributed by atoms with van der Waals surface area (Å²) in [6.07, 6.45) is 3.52. The molecule has 0 unspecified atom stereocenters. The van der Waals surface area contributed by atoms with E-state index in [4.69, 9.17) is 0 Å². The van der Waals surface area contributed by atoms with E-state index in [9.17, 15) is 9.90 Å². The molecule has 3 rings (SSSR count). The van der Waals surface area contributed by atoms with Crippen LogP contribution < -0.4 is 5.32 Å². The van der Waals surface area contributed by atoms with Crippen molar-refractivity contribution in [2.24, 2.45) is 0 Å². The van der Waals surface area contributed by atoms with Crippen molar-refractivity contribution in [3.63, 3.8) is 0 Å². The third-order valence-electron chi connectivity index (χ3n) is 4.01. The van der Waals surface area contributed by atoms with Gasteiger partial charge in [-0.3, -0.25) is 4.79 Å². The Morgan fingerprint density at radius 1 is 1.50 bits per heavy atom. The number of hydrogen-bond donors (Lipinski definition) is 2. The maximum absolute atomic E-state index is 12.1. The van der Waals surface area contributed by atoms with E-state index in [0.717, 1.165) is 28.5 Å². The molecule has 2 aromatic heterocycles. The van der Waals surface area contributed by atoms with Crippen molar-refractivity contribution in [1.82, 2.24) is 9.61 Å². The lowest BCUT2D eigenvalue weighted by Gasteiger charge is -2.26. The average molecular weight is 366 g/mol. The topological polar surface area (TPSA) is 66.6 Å². The summed E-state index contributed by atoms with van der Waals surface area (Å²) >= 11 is 3.50. The van der Waals surface area contributed by atoms with Gasteiger partial charge >= 0.3 is 0 Å². The first-order valence-electron chi connectivity index (χ1n) is 7.54. The Morgan fingerprint density at radius 3 is 2.82 bits per heavy atom. The molecule has 5 nitrogen and oxygen atoms in total. The maximum Gasteiger partial charge on any atom is 0.228 e. The Hall–Kier alpha value is -1.40. The lowest BCUT2D eigenvalue weighted by atomic mass is 9.80. The lowest BCUT2D eigenvalue weighted by molar-refractivity contribution is -0.119. The third kappa shape index (κ3) is 3.03. The number of aliphatic hydroxyl groups is 1. The van der Waals surface area contributed by atoms with Gasteiger partial charge in [0.05, 0.1) is 17.5 Å². The van der Waals surface area contributed by atoms with E-state index in [1.165, 1.54) is 6.42 Å². The molecule has 118 valence electrons. The van der Waals surface area contributed by atoms with Crippen LogP contribution in [0, 0.1) is 0 Å². The normalized spacial score (nSPS) is 15.8. The molecule has 1 aliphatic carbocycles. The average Bonchev–Trinajstić information content (AvgIpc) is 2.65. The van der Waals surface area contributed by atoms with Crippen LogP contribution >= 0.6 is 15.9 Å². The Kier molecular flexibility index (Phi) is 3.99. The van der Waals surface area contributed by atoms with Crippen molar-refractivity contribution in [1.29, 1.82) is 0 Å². The number of amides is 1. The lowest BCUT2D eigenvalue weighted by Crippen LogP contribution is -2.27. The Labute approximate surface area is 137 Å². The molecule has 6 heteroatoms.